The third-order valence-corrected chi connectivity index (χ3v) is 2.69. The molecule has 1 N–H and O–H groups in total. The first-order valence-corrected chi connectivity index (χ1v) is 6.30. The van der Waals surface area contributed by atoms with Crippen molar-refractivity contribution in [3.8, 4) is 0 Å². The largest absolute Gasteiger partial charge is 0.460 e. The summed E-state index contributed by atoms with van der Waals surface area (Å²) in [5.74, 6) is -15.4. The van der Waals surface area contributed by atoms with E-state index in [0.29, 0.717) is 5.56 Å². The summed E-state index contributed by atoms with van der Waals surface area (Å²) in [6.45, 7) is 1.22. The highest BCUT2D eigenvalue weighted by Gasteiger charge is 2.76. The van der Waals surface area contributed by atoms with Crippen molar-refractivity contribution in [2.24, 2.45) is 5.10 Å². The summed E-state index contributed by atoms with van der Waals surface area (Å²) < 4.78 is 87.2. The van der Waals surface area contributed by atoms with Crippen LogP contribution in [0.15, 0.2) is 41.5 Å². The van der Waals surface area contributed by atoms with E-state index in [9.17, 15) is 35.5 Å². The number of allylic oxidation sites excluding steroid dienone is 1. The Hall–Kier alpha value is -2.39. The van der Waals surface area contributed by atoms with Crippen LogP contribution in [0.4, 0.5) is 30.7 Å². The molecule has 1 amide bonds. The van der Waals surface area contributed by atoms with Crippen molar-refractivity contribution >= 4 is 17.7 Å². The number of halogens is 7. The predicted octanol–water partition coefficient (Wildman–Crippen LogP) is 4.02. The van der Waals surface area contributed by atoms with Crippen LogP contribution in [-0.2, 0) is 4.79 Å². The van der Waals surface area contributed by atoms with E-state index in [4.69, 9.17) is 0 Å². The van der Waals surface area contributed by atoms with Crippen molar-refractivity contribution in [3.05, 3.63) is 42.0 Å². The Kier molecular flexibility index (Phi) is 5.75. The molecule has 1 aromatic carbocycles. The molecule has 10 heteroatoms. The average molecular weight is 356 g/mol. The van der Waals surface area contributed by atoms with Gasteiger partial charge >= 0.3 is 23.9 Å². The highest BCUT2D eigenvalue weighted by atomic mass is 19.4. The minimum atomic E-state index is -6.58. The molecule has 0 aliphatic heterocycles. The number of hydrogen-bond donors (Lipinski definition) is 1. The van der Waals surface area contributed by atoms with Crippen LogP contribution in [-0.4, -0.2) is 29.6 Å². The predicted molar refractivity (Wildman–Crippen MR) is 72.7 cm³/mol. The van der Waals surface area contributed by atoms with Crippen LogP contribution in [0.2, 0.25) is 0 Å². The smallest absolute Gasteiger partial charge is 0.266 e. The van der Waals surface area contributed by atoms with Gasteiger partial charge in [0.15, 0.2) is 0 Å². The minimum absolute atomic E-state index is 0.0988. The van der Waals surface area contributed by atoms with Crippen LogP contribution >= 0.6 is 0 Å². The molecule has 1 rings (SSSR count). The molecule has 0 unspecified atom stereocenters. The lowest BCUT2D eigenvalue weighted by atomic mass is 10.1. The van der Waals surface area contributed by atoms with Gasteiger partial charge in [-0.3, -0.25) is 4.79 Å². The van der Waals surface area contributed by atoms with Crippen molar-refractivity contribution in [3.63, 3.8) is 0 Å². The molecular formula is C14H11F7N2O. The zero-order valence-corrected chi connectivity index (χ0v) is 12.0. The second-order valence-corrected chi connectivity index (χ2v) is 4.58. The number of benzene rings is 1. The van der Waals surface area contributed by atoms with E-state index < -0.39 is 23.9 Å². The molecule has 0 atom stereocenters. The second-order valence-electron chi connectivity index (χ2n) is 4.58. The van der Waals surface area contributed by atoms with Crippen molar-refractivity contribution in [2.45, 2.75) is 24.9 Å². The maximum atomic E-state index is 13.0. The first kappa shape index (κ1) is 19.7. The summed E-state index contributed by atoms with van der Waals surface area (Å²) in [7, 11) is 0. The number of amides is 1. The van der Waals surface area contributed by atoms with Gasteiger partial charge in [-0.15, -0.1) is 0 Å². The summed E-state index contributed by atoms with van der Waals surface area (Å²) in [6.07, 6.45) is -3.87. The highest BCUT2D eigenvalue weighted by Crippen LogP contribution is 2.46. The Balaban J connectivity index is 2.82. The van der Waals surface area contributed by atoms with Crippen LogP contribution in [0.25, 0.3) is 6.08 Å². The molecule has 0 fully saturated rings. The maximum Gasteiger partial charge on any atom is 0.460 e. The fourth-order valence-electron chi connectivity index (χ4n) is 1.35. The van der Waals surface area contributed by atoms with E-state index >= 15 is 0 Å². The molecule has 3 nitrogen and oxygen atoms in total. The Morgan fingerprint density at radius 1 is 1.04 bits per heavy atom. The van der Waals surface area contributed by atoms with Gasteiger partial charge in [-0.1, -0.05) is 36.4 Å². The molecule has 1 aromatic rings. The quantitative estimate of drug-likeness (QED) is 0.483. The van der Waals surface area contributed by atoms with Gasteiger partial charge in [-0.25, -0.2) is 5.43 Å². The number of alkyl halides is 7. The Labute approximate surface area is 131 Å². The van der Waals surface area contributed by atoms with Crippen molar-refractivity contribution in [1.29, 1.82) is 0 Å². The van der Waals surface area contributed by atoms with E-state index in [1.807, 2.05) is 0 Å². The number of hydrazone groups is 1. The second kappa shape index (κ2) is 7.02. The van der Waals surface area contributed by atoms with Gasteiger partial charge in [0.2, 0.25) is 0 Å². The molecular weight excluding hydrogens is 345 g/mol. The van der Waals surface area contributed by atoms with E-state index in [2.05, 4.69) is 5.10 Å². The third-order valence-electron chi connectivity index (χ3n) is 2.69. The minimum Gasteiger partial charge on any atom is -0.266 e. The lowest BCUT2D eigenvalue weighted by molar-refractivity contribution is -0.344. The SMILES string of the molecule is CC(/C=C/c1ccccc1)=NNC(=O)C(F)(F)C(F)(F)C(F)(F)F. The number of carbonyl (C=O) groups is 1. The fourth-order valence-corrected chi connectivity index (χ4v) is 1.35. The molecule has 0 aliphatic rings. The Morgan fingerprint density at radius 3 is 2.08 bits per heavy atom. The van der Waals surface area contributed by atoms with Gasteiger partial charge in [0.1, 0.15) is 0 Å². The van der Waals surface area contributed by atoms with E-state index in [-0.39, 0.29) is 5.71 Å². The van der Waals surface area contributed by atoms with E-state index in [0.717, 1.165) is 5.43 Å². The van der Waals surface area contributed by atoms with E-state index in [1.165, 1.54) is 19.1 Å². The Morgan fingerprint density at radius 2 is 1.58 bits per heavy atom. The summed E-state index contributed by atoms with van der Waals surface area (Å²) in [4.78, 5) is 11.0. The molecule has 0 aromatic heterocycles. The first-order valence-electron chi connectivity index (χ1n) is 6.30. The van der Waals surface area contributed by atoms with Gasteiger partial charge in [-0.05, 0) is 18.6 Å². The van der Waals surface area contributed by atoms with Crippen LogP contribution in [0.3, 0.4) is 0 Å². The van der Waals surface area contributed by atoms with Crippen LogP contribution in [0, 0.1) is 0 Å². The normalized spacial score (nSPS) is 14.1. The van der Waals surface area contributed by atoms with Gasteiger partial charge in [0.25, 0.3) is 0 Å². The molecule has 0 bridgehead atoms. The monoisotopic (exact) mass is 356 g/mol. The molecule has 0 radical (unpaired) electrons. The molecule has 0 heterocycles. The van der Waals surface area contributed by atoms with Crippen LogP contribution < -0.4 is 5.43 Å². The molecule has 0 saturated heterocycles. The number of nitrogens with zero attached hydrogens (tertiary/aromatic N) is 1. The van der Waals surface area contributed by atoms with Crippen LogP contribution in [0.1, 0.15) is 12.5 Å². The lowest BCUT2D eigenvalue weighted by Gasteiger charge is -2.26. The molecule has 24 heavy (non-hydrogen) atoms. The van der Waals surface area contributed by atoms with Crippen molar-refractivity contribution in [1.82, 2.24) is 5.43 Å². The fraction of sp³-hybridized carbons (Fsp3) is 0.286. The summed E-state index contributed by atoms with van der Waals surface area (Å²) in [5.41, 5.74) is 1.59. The zero-order chi connectivity index (χ0) is 18.6. The summed E-state index contributed by atoms with van der Waals surface area (Å²) >= 11 is 0. The maximum absolute atomic E-state index is 13.0. The number of rotatable bonds is 5. The average Bonchev–Trinajstić information content (AvgIpc) is 2.50. The van der Waals surface area contributed by atoms with Crippen molar-refractivity contribution in [2.75, 3.05) is 0 Å². The molecule has 0 saturated carbocycles. The van der Waals surface area contributed by atoms with Crippen molar-refractivity contribution < 1.29 is 35.5 Å². The number of nitrogens with one attached hydrogen (secondary N) is 1. The summed E-state index contributed by atoms with van der Waals surface area (Å²) in [5, 5.41) is 3.05. The molecule has 0 spiro atoms. The van der Waals surface area contributed by atoms with E-state index in [1.54, 1.807) is 30.3 Å². The van der Waals surface area contributed by atoms with Gasteiger partial charge in [0, 0.05) is 0 Å². The number of carbonyl (C=O) groups excluding carboxylic acids is 1. The van der Waals surface area contributed by atoms with Gasteiger partial charge < -0.3 is 0 Å². The Bertz CT molecular complexity index is 636. The number of hydrogen-bond acceptors (Lipinski definition) is 2. The van der Waals surface area contributed by atoms with Gasteiger partial charge in [-0.2, -0.15) is 35.8 Å². The highest BCUT2D eigenvalue weighted by molar-refractivity contribution is 5.97. The standard InChI is InChI=1S/C14H11F7N2O/c1-9(7-8-10-5-3-2-4-6-10)22-23-11(24)12(15,16)13(17,18)14(19,20)21/h2-8H,1H3,(H,23,24)/b8-7+,22-9?. The van der Waals surface area contributed by atoms with Gasteiger partial charge in [0.05, 0.1) is 5.71 Å². The first-order chi connectivity index (χ1) is 10.9. The zero-order valence-electron chi connectivity index (χ0n) is 12.0. The summed E-state index contributed by atoms with van der Waals surface area (Å²) in [6, 6.07) is 8.50. The van der Waals surface area contributed by atoms with Crippen LogP contribution in [0.5, 0.6) is 0 Å². The molecule has 0 aliphatic carbocycles. The molecule has 132 valence electrons. The topological polar surface area (TPSA) is 41.5 Å². The third kappa shape index (κ3) is 4.33. The lowest BCUT2D eigenvalue weighted by Crippen LogP contribution is -2.58.